The Morgan fingerprint density at radius 2 is 1.88 bits per heavy atom. The SMILES string of the molecule is COc1ccc(CCNc2cc(C)nc(N3CCC(C)CC3)n2)cc1. The fourth-order valence-electron chi connectivity index (χ4n) is 3.12. The molecule has 1 aliphatic heterocycles. The minimum Gasteiger partial charge on any atom is -0.497 e. The molecule has 0 aliphatic carbocycles. The lowest BCUT2D eigenvalue weighted by Gasteiger charge is -2.30. The Labute approximate surface area is 150 Å². The monoisotopic (exact) mass is 340 g/mol. The zero-order chi connectivity index (χ0) is 17.6. The van der Waals surface area contributed by atoms with E-state index in [0.29, 0.717) is 0 Å². The molecule has 25 heavy (non-hydrogen) atoms. The van der Waals surface area contributed by atoms with Crippen LogP contribution in [0.5, 0.6) is 5.75 Å². The minimum absolute atomic E-state index is 0.808. The van der Waals surface area contributed by atoms with Gasteiger partial charge in [-0.25, -0.2) is 4.98 Å². The molecule has 5 heteroatoms. The van der Waals surface area contributed by atoms with Crippen molar-refractivity contribution in [1.29, 1.82) is 0 Å². The van der Waals surface area contributed by atoms with Crippen molar-refractivity contribution in [3.8, 4) is 5.75 Å². The highest BCUT2D eigenvalue weighted by Crippen LogP contribution is 2.21. The summed E-state index contributed by atoms with van der Waals surface area (Å²) in [6, 6.07) is 10.2. The number of aromatic nitrogens is 2. The summed E-state index contributed by atoms with van der Waals surface area (Å²) in [4.78, 5) is 11.7. The lowest BCUT2D eigenvalue weighted by atomic mass is 10.00. The largest absolute Gasteiger partial charge is 0.497 e. The number of aryl methyl sites for hydroxylation is 1. The average Bonchev–Trinajstić information content (AvgIpc) is 2.62. The van der Waals surface area contributed by atoms with E-state index in [1.54, 1.807) is 7.11 Å². The van der Waals surface area contributed by atoms with Crippen LogP contribution in [-0.4, -0.2) is 36.7 Å². The topological polar surface area (TPSA) is 50.3 Å². The van der Waals surface area contributed by atoms with Gasteiger partial charge in [-0.2, -0.15) is 4.98 Å². The summed E-state index contributed by atoms with van der Waals surface area (Å²) in [7, 11) is 1.69. The third-order valence-electron chi connectivity index (χ3n) is 4.79. The van der Waals surface area contributed by atoms with Crippen molar-refractivity contribution in [3.63, 3.8) is 0 Å². The Morgan fingerprint density at radius 3 is 2.56 bits per heavy atom. The smallest absolute Gasteiger partial charge is 0.227 e. The molecular formula is C20H28N4O. The number of anilines is 2. The molecule has 0 bridgehead atoms. The molecule has 0 amide bonds. The van der Waals surface area contributed by atoms with E-state index >= 15 is 0 Å². The maximum atomic E-state index is 5.20. The van der Waals surface area contributed by atoms with Crippen LogP contribution < -0.4 is 15.0 Å². The van der Waals surface area contributed by atoms with Crippen LogP contribution in [0.3, 0.4) is 0 Å². The molecule has 0 atom stereocenters. The standard InChI is InChI=1S/C20H28N4O/c1-15-9-12-24(13-10-15)20-22-16(2)14-19(23-20)21-11-8-17-4-6-18(25-3)7-5-17/h4-7,14-15H,8-13H2,1-3H3,(H,21,22,23). The molecule has 2 aromatic rings. The van der Waals surface area contributed by atoms with Crippen molar-refractivity contribution in [3.05, 3.63) is 41.6 Å². The first-order valence-electron chi connectivity index (χ1n) is 9.11. The molecule has 0 spiro atoms. The van der Waals surface area contributed by atoms with Gasteiger partial charge in [0.15, 0.2) is 0 Å². The fraction of sp³-hybridized carbons (Fsp3) is 0.500. The summed E-state index contributed by atoms with van der Waals surface area (Å²) >= 11 is 0. The molecule has 1 aromatic heterocycles. The zero-order valence-electron chi connectivity index (χ0n) is 15.5. The van der Waals surface area contributed by atoms with Crippen molar-refractivity contribution in [2.75, 3.05) is 37.0 Å². The number of hydrogen-bond donors (Lipinski definition) is 1. The van der Waals surface area contributed by atoms with E-state index in [-0.39, 0.29) is 0 Å². The van der Waals surface area contributed by atoms with Gasteiger partial charge in [0.1, 0.15) is 11.6 Å². The molecule has 2 heterocycles. The van der Waals surface area contributed by atoms with Gasteiger partial charge in [-0.05, 0) is 49.8 Å². The van der Waals surface area contributed by atoms with Crippen LogP contribution in [0, 0.1) is 12.8 Å². The van der Waals surface area contributed by atoms with Crippen LogP contribution in [0.1, 0.15) is 31.0 Å². The number of nitrogens with one attached hydrogen (secondary N) is 1. The van der Waals surface area contributed by atoms with Gasteiger partial charge < -0.3 is 15.0 Å². The maximum absolute atomic E-state index is 5.20. The normalized spacial score (nSPS) is 15.2. The first-order chi connectivity index (χ1) is 12.1. The molecule has 1 aromatic carbocycles. The van der Waals surface area contributed by atoms with E-state index < -0.39 is 0 Å². The Balaban J connectivity index is 1.58. The second-order valence-corrected chi connectivity index (χ2v) is 6.89. The molecular weight excluding hydrogens is 312 g/mol. The lowest BCUT2D eigenvalue weighted by molar-refractivity contribution is 0.414. The van der Waals surface area contributed by atoms with Crippen molar-refractivity contribution >= 4 is 11.8 Å². The summed E-state index contributed by atoms with van der Waals surface area (Å²) in [5.74, 6) is 3.47. The Bertz CT molecular complexity index is 679. The van der Waals surface area contributed by atoms with Gasteiger partial charge in [0.2, 0.25) is 5.95 Å². The molecule has 1 N–H and O–H groups in total. The third-order valence-corrected chi connectivity index (χ3v) is 4.79. The Hall–Kier alpha value is -2.30. The maximum Gasteiger partial charge on any atom is 0.227 e. The number of methoxy groups -OCH3 is 1. The van der Waals surface area contributed by atoms with E-state index in [2.05, 4.69) is 34.3 Å². The van der Waals surface area contributed by atoms with Gasteiger partial charge in [-0.1, -0.05) is 19.1 Å². The van der Waals surface area contributed by atoms with Gasteiger partial charge in [0, 0.05) is 31.4 Å². The van der Waals surface area contributed by atoms with Crippen molar-refractivity contribution in [1.82, 2.24) is 9.97 Å². The van der Waals surface area contributed by atoms with Crippen molar-refractivity contribution < 1.29 is 4.74 Å². The molecule has 3 rings (SSSR count). The summed E-state index contributed by atoms with van der Waals surface area (Å²) < 4.78 is 5.20. The lowest BCUT2D eigenvalue weighted by Crippen LogP contribution is -2.34. The van der Waals surface area contributed by atoms with Gasteiger partial charge in [0.25, 0.3) is 0 Å². The number of hydrogen-bond acceptors (Lipinski definition) is 5. The molecule has 134 valence electrons. The van der Waals surface area contributed by atoms with E-state index in [9.17, 15) is 0 Å². The number of nitrogens with zero attached hydrogens (tertiary/aromatic N) is 3. The second-order valence-electron chi connectivity index (χ2n) is 6.89. The summed E-state index contributed by atoms with van der Waals surface area (Å²) in [6.45, 7) is 7.30. The molecule has 1 aliphatic rings. The van der Waals surface area contributed by atoms with E-state index in [1.807, 2.05) is 25.1 Å². The molecule has 1 saturated heterocycles. The van der Waals surface area contributed by atoms with Crippen LogP contribution in [-0.2, 0) is 6.42 Å². The fourth-order valence-corrected chi connectivity index (χ4v) is 3.12. The van der Waals surface area contributed by atoms with Gasteiger partial charge in [-0.15, -0.1) is 0 Å². The quantitative estimate of drug-likeness (QED) is 0.869. The van der Waals surface area contributed by atoms with Crippen molar-refractivity contribution in [2.24, 2.45) is 5.92 Å². The molecule has 0 radical (unpaired) electrons. The summed E-state index contributed by atoms with van der Waals surface area (Å²) in [5, 5.41) is 3.44. The number of rotatable bonds is 6. The molecule has 1 fully saturated rings. The van der Waals surface area contributed by atoms with E-state index in [1.165, 1.54) is 18.4 Å². The second kappa shape index (κ2) is 8.19. The zero-order valence-corrected chi connectivity index (χ0v) is 15.5. The predicted octanol–water partition coefficient (Wildman–Crippen LogP) is 3.68. The highest BCUT2D eigenvalue weighted by atomic mass is 16.5. The van der Waals surface area contributed by atoms with Gasteiger partial charge >= 0.3 is 0 Å². The predicted molar refractivity (Wildman–Crippen MR) is 103 cm³/mol. The number of ether oxygens (including phenoxy) is 1. The minimum atomic E-state index is 0.808. The van der Waals surface area contributed by atoms with E-state index in [4.69, 9.17) is 9.72 Å². The highest BCUT2D eigenvalue weighted by molar-refractivity contribution is 5.44. The number of piperidine rings is 1. The first-order valence-corrected chi connectivity index (χ1v) is 9.11. The van der Waals surface area contributed by atoms with Crippen LogP contribution >= 0.6 is 0 Å². The van der Waals surface area contributed by atoms with Crippen LogP contribution in [0.15, 0.2) is 30.3 Å². The third kappa shape index (κ3) is 4.84. The average molecular weight is 340 g/mol. The summed E-state index contributed by atoms with van der Waals surface area (Å²) in [6.07, 6.45) is 3.39. The summed E-state index contributed by atoms with van der Waals surface area (Å²) in [5.41, 5.74) is 2.29. The Kier molecular flexibility index (Phi) is 5.74. The molecule has 0 unspecified atom stereocenters. The van der Waals surface area contributed by atoms with Gasteiger partial charge in [0.05, 0.1) is 7.11 Å². The number of benzene rings is 1. The van der Waals surface area contributed by atoms with Crippen LogP contribution in [0.2, 0.25) is 0 Å². The highest BCUT2D eigenvalue weighted by Gasteiger charge is 2.18. The van der Waals surface area contributed by atoms with Crippen molar-refractivity contribution in [2.45, 2.75) is 33.1 Å². The van der Waals surface area contributed by atoms with E-state index in [0.717, 1.165) is 55.2 Å². The molecule has 0 saturated carbocycles. The van der Waals surface area contributed by atoms with Gasteiger partial charge in [-0.3, -0.25) is 0 Å². The Morgan fingerprint density at radius 1 is 1.16 bits per heavy atom. The first kappa shape index (κ1) is 17.5. The molecule has 5 nitrogen and oxygen atoms in total. The van der Waals surface area contributed by atoms with Crippen LogP contribution in [0.25, 0.3) is 0 Å². The van der Waals surface area contributed by atoms with Crippen LogP contribution in [0.4, 0.5) is 11.8 Å².